The smallest absolute Gasteiger partial charge is 0.136 e. The third-order valence-electron chi connectivity index (χ3n) is 3.10. The lowest BCUT2D eigenvalue weighted by Gasteiger charge is -2.16. The number of ether oxygens (including phenoxy) is 3. The number of methoxy groups -OCH3 is 2. The van der Waals surface area contributed by atoms with Crippen LogP contribution in [0, 0.1) is 0 Å². The summed E-state index contributed by atoms with van der Waals surface area (Å²) >= 11 is 0. The van der Waals surface area contributed by atoms with Gasteiger partial charge in [-0.3, -0.25) is 0 Å². The Bertz CT molecular complexity index is 593. The summed E-state index contributed by atoms with van der Waals surface area (Å²) in [7, 11) is 3.23. The van der Waals surface area contributed by atoms with Crippen molar-refractivity contribution in [2.24, 2.45) is 0 Å². The molecule has 1 unspecified atom stereocenters. The summed E-state index contributed by atoms with van der Waals surface area (Å²) in [6.45, 7) is 2.21. The van der Waals surface area contributed by atoms with Crippen molar-refractivity contribution in [1.29, 1.82) is 0 Å². The number of aliphatic hydroxyl groups excluding tert-OH is 1. The van der Waals surface area contributed by atoms with Crippen LogP contribution < -0.4 is 9.47 Å². The average Bonchev–Trinajstić information content (AvgIpc) is 2.47. The predicted molar refractivity (Wildman–Crippen MR) is 80.9 cm³/mol. The van der Waals surface area contributed by atoms with E-state index in [2.05, 4.69) is 0 Å². The van der Waals surface area contributed by atoms with Crippen LogP contribution in [0.2, 0.25) is 0 Å². The van der Waals surface area contributed by atoms with Crippen LogP contribution in [-0.2, 0) is 11.3 Å². The second-order valence-electron chi connectivity index (χ2n) is 4.73. The average molecular weight is 288 g/mol. The zero-order valence-electron chi connectivity index (χ0n) is 12.5. The number of hydrogen-bond donors (Lipinski definition) is 1. The topological polar surface area (TPSA) is 47.9 Å². The van der Waals surface area contributed by atoms with Crippen LogP contribution in [0.5, 0.6) is 17.2 Å². The van der Waals surface area contributed by atoms with E-state index in [0.29, 0.717) is 29.4 Å². The Hall–Kier alpha value is -2.04. The number of benzene rings is 2. The minimum atomic E-state index is -0.682. The second kappa shape index (κ2) is 7.11. The number of aliphatic hydroxyl groups is 1. The lowest BCUT2D eigenvalue weighted by Crippen LogP contribution is -2.00. The van der Waals surface area contributed by atoms with E-state index >= 15 is 0 Å². The van der Waals surface area contributed by atoms with E-state index in [4.69, 9.17) is 14.2 Å². The summed E-state index contributed by atoms with van der Waals surface area (Å²) in [5.74, 6) is 1.88. The van der Waals surface area contributed by atoms with E-state index in [9.17, 15) is 5.11 Å². The molecule has 1 N–H and O–H groups in total. The molecule has 0 saturated carbocycles. The van der Waals surface area contributed by atoms with Crippen molar-refractivity contribution in [3.8, 4) is 17.2 Å². The Morgan fingerprint density at radius 1 is 1.05 bits per heavy atom. The molecule has 0 aliphatic heterocycles. The molecular formula is C17H20O4. The zero-order chi connectivity index (χ0) is 15.2. The molecule has 2 aromatic rings. The molecule has 0 radical (unpaired) electrons. The maximum Gasteiger partial charge on any atom is 0.136 e. The van der Waals surface area contributed by atoms with Crippen LogP contribution in [0.25, 0.3) is 0 Å². The van der Waals surface area contributed by atoms with Crippen LogP contribution in [0.15, 0.2) is 42.5 Å². The zero-order valence-corrected chi connectivity index (χ0v) is 12.5. The van der Waals surface area contributed by atoms with Gasteiger partial charge in [-0.05, 0) is 36.8 Å². The third-order valence-corrected chi connectivity index (χ3v) is 3.10. The van der Waals surface area contributed by atoms with Gasteiger partial charge < -0.3 is 19.3 Å². The van der Waals surface area contributed by atoms with Crippen LogP contribution in [0.4, 0.5) is 0 Å². The molecule has 0 aliphatic carbocycles. The van der Waals surface area contributed by atoms with Crippen molar-refractivity contribution in [2.45, 2.75) is 19.6 Å². The highest BCUT2D eigenvalue weighted by molar-refractivity contribution is 5.48. The maximum atomic E-state index is 9.95. The van der Waals surface area contributed by atoms with Gasteiger partial charge in [-0.15, -0.1) is 0 Å². The Kier molecular flexibility index (Phi) is 5.20. The van der Waals surface area contributed by atoms with Crippen LogP contribution >= 0.6 is 0 Å². The molecule has 0 spiro atoms. The first-order chi connectivity index (χ1) is 10.2. The summed E-state index contributed by atoms with van der Waals surface area (Å²) < 4.78 is 16.3. The fraction of sp³-hybridized carbons (Fsp3) is 0.294. The molecule has 0 aliphatic rings. The number of rotatable bonds is 6. The molecule has 0 heterocycles. The molecule has 2 aromatic carbocycles. The maximum absolute atomic E-state index is 9.95. The molecule has 4 heteroatoms. The van der Waals surface area contributed by atoms with E-state index < -0.39 is 6.10 Å². The SMILES string of the molecule is COCc1cccc(Oc2cccc(OC)c2C(C)O)c1. The highest BCUT2D eigenvalue weighted by Crippen LogP contribution is 2.36. The van der Waals surface area contributed by atoms with Crippen molar-refractivity contribution in [2.75, 3.05) is 14.2 Å². The van der Waals surface area contributed by atoms with Gasteiger partial charge in [0.25, 0.3) is 0 Å². The van der Waals surface area contributed by atoms with Crippen LogP contribution in [0.1, 0.15) is 24.2 Å². The van der Waals surface area contributed by atoms with E-state index in [0.717, 1.165) is 5.56 Å². The van der Waals surface area contributed by atoms with Crippen molar-refractivity contribution in [1.82, 2.24) is 0 Å². The molecule has 112 valence electrons. The van der Waals surface area contributed by atoms with Crippen molar-refractivity contribution < 1.29 is 19.3 Å². The molecular weight excluding hydrogens is 268 g/mol. The molecule has 0 aromatic heterocycles. The first kappa shape index (κ1) is 15.4. The first-order valence-corrected chi connectivity index (χ1v) is 6.76. The van der Waals surface area contributed by atoms with Gasteiger partial charge in [0.1, 0.15) is 17.2 Å². The summed E-state index contributed by atoms with van der Waals surface area (Å²) in [4.78, 5) is 0. The highest BCUT2D eigenvalue weighted by Gasteiger charge is 2.15. The van der Waals surface area contributed by atoms with Crippen molar-refractivity contribution in [3.05, 3.63) is 53.6 Å². The fourth-order valence-corrected chi connectivity index (χ4v) is 2.20. The van der Waals surface area contributed by atoms with E-state index in [-0.39, 0.29) is 0 Å². The normalized spacial score (nSPS) is 12.0. The second-order valence-corrected chi connectivity index (χ2v) is 4.73. The third kappa shape index (κ3) is 3.74. The molecule has 0 fully saturated rings. The quantitative estimate of drug-likeness (QED) is 0.880. The van der Waals surface area contributed by atoms with Crippen molar-refractivity contribution in [3.63, 3.8) is 0 Å². The standard InChI is InChI=1S/C17H20O4/c1-12(18)17-15(20-3)8-5-9-16(17)21-14-7-4-6-13(10-14)11-19-2/h4-10,12,18H,11H2,1-3H3. The predicted octanol–water partition coefficient (Wildman–Crippen LogP) is 3.69. The van der Waals surface area contributed by atoms with Crippen LogP contribution in [0.3, 0.4) is 0 Å². The van der Waals surface area contributed by atoms with Gasteiger partial charge in [-0.2, -0.15) is 0 Å². The Balaban J connectivity index is 2.33. The molecule has 0 saturated heterocycles. The molecule has 1 atom stereocenters. The highest BCUT2D eigenvalue weighted by atomic mass is 16.5. The van der Waals surface area contributed by atoms with Crippen molar-refractivity contribution >= 4 is 0 Å². The molecule has 21 heavy (non-hydrogen) atoms. The van der Waals surface area contributed by atoms with E-state index in [1.165, 1.54) is 0 Å². The minimum absolute atomic E-state index is 0.526. The van der Waals surface area contributed by atoms with Gasteiger partial charge in [0.15, 0.2) is 0 Å². The summed E-state index contributed by atoms with van der Waals surface area (Å²) in [5, 5.41) is 9.95. The van der Waals surface area contributed by atoms with Gasteiger partial charge in [0.2, 0.25) is 0 Å². The van der Waals surface area contributed by atoms with Crippen LogP contribution in [-0.4, -0.2) is 19.3 Å². The Labute approximate surface area is 124 Å². The first-order valence-electron chi connectivity index (χ1n) is 6.76. The van der Waals surface area contributed by atoms with E-state index in [1.807, 2.05) is 36.4 Å². The summed E-state index contributed by atoms with van der Waals surface area (Å²) in [6, 6.07) is 13.1. The van der Waals surface area contributed by atoms with Gasteiger partial charge in [-0.25, -0.2) is 0 Å². The molecule has 2 rings (SSSR count). The summed E-state index contributed by atoms with van der Waals surface area (Å²) in [6.07, 6.45) is -0.682. The molecule has 0 bridgehead atoms. The summed E-state index contributed by atoms with van der Waals surface area (Å²) in [5.41, 5.74) is 1.66. The van der Waals surface area contributed by atoms with E-state index in [1.54, 1.807) is 27.2 Å². The monoisotopic (exact) mass is 288 g/mol. The fourth-order valence-electron chi connectivity index (χ4n) is 2.20. The largest absolute Gasteiger partial charge is 0.496 e. The lowest BCUT2D eigenvalue weighted by atomic mass is 10.1. The molecule has 4 nitrogen and oxygen atoms in total. The number of hydrogen-bond acceptors (Lipinski definition) is 4. The lowest BCUT2D eigenvalue weighted by molar-refractivity contribution is 0.184. The Morgan fingerprint density at radius 2 is 1.76 bits per heavy atom. The molecule has 0 amide bonds. The van der Waals surface area contributed by atoms with Gasteiger partial charge in [0, 0.05) is 7.11 Å². The van der Waals surface area contributed by atoms with Gasteiger partial charge in [0.05, 0.1) is 25.4 Å². The van der Waals surface area contributed by atoms with Gasteiger partial charge >= 0.3 is 0 Å². The minimum Gasteiger partial charge on any atom is -0.496 e. The Morgan fingerprint density at radius 3 is 2.43 bits per heavy atom. The van der Waals surface area contributed by atoms with Gasteiger partial charge in [-0.1, -0.05) is 18.2 Å².